The first kappa shape index (κ1) is 16.2. The molecule has 2 aromatic rings. The minimum atomic E-state index is 0.0581. The van der Waals surface area contributed by atoms with Gasteiger partial charge in [0.25, 0.3) is 0 Å². The van der Waals surface area contributed by atoms with E-state index in [1.807, 2.05) is 6.92 Å². The molecular weight excluding hydrogens is 302 g/mol. The molecule has 0 aliphatic carbocycles. The first-order valence-electron chi connectivity index (χ1n) is 7.02. The second kappa shape index (κ2) is 6.75. The maximum Gasteiger partial charge on any atom is 0.230 e. The molecule has 0 aliphatic rings. The summed E-state index contributed by atoms with van der Waals surface area (Å²) in [6, 6.07) is 0. The van der Waals surface area contributed by atoms with Crippen LogP contribution in [-0.4, -0.2) is 28.2 Å². The van der Waals surface area contributed by atoms with Crippen LogP contribution in [0.2, 0.25) is 0 Å². The van der Waals surface area contributed by atoms with E-state index in [4.69, 9.17) is 0 Å². The fourth-order valence-corrected chi connectivity index (χ4v) is 4.02. The fraction of sp³-hybridized carbons (Fsp3) is 0.533. The minimum absolute atomic E-state index is 0.0581. The van der Waals surface area contributed by atoms with Gasteiger partial charge in [0, 0.05) is 16.8 Å². The predicted octanol–water partition coefficient (Wildman–Crippen LogP) is 3.48. The van der Waals surface area contributed by atoms with Crippen molar-refractivity contribution in [3.05, 3.63) is 16.3 Å². The van der Waals surface area contributed by atoms with E-state index in [1.54, 1.807) is 11.3 Å². The number of carbonyl (C=O) groups excluding carboxylic acids is 1. The van der Waals surface area contributed by atoms with Crippen LogP contribution in [0.15, 0.2) is 5.03 Å². The molecule has 4 nitrogen and oxygen atoms in total. The summed E-state index contributed by atoms with van der Waals surface area (Å²) in [5.74, 6) is 1.68. The standard InChI is InChI=1S/C15H21N3OS2/c1-8(2)6-16-12(19)7-20-14-13-9(3)10(4)21-15(13)18-11(5)17-14/h8H,6-7H2,1-5H3,(H,16,19). The van der Waals surface area contributed by atoms with E-state index in [0.717, 1.165) is 21.1 Å². The van der Waals surface area contributed by atoms with Crippen LogP contribution in [0.5, 0.6) is 0 Å². The molecule has 1 amide bonds. The van der Waals surface area contributed by atoms with Crippen LogP contribution in [-0.2, 0) is 4.79 Å². The SMILES string of the molecule is Cc1nc(SCC(=O)NCC(C)C)c2c(C)c(C)sc2n1. The highest BCUT2D eigenvalue weighted by atomic mass is 32.2. The van der Waals surface area contributed by atoms with Gasteiger partial charge in [0.15, 0.2) is 0 Å². The number of nitrogens with zero attached hydrogens (tertiary/aromatic N) is 2. The van der Waals surface area contributed by atoms with Crippen molar-refractivity contribution in [1.29, 1.82) is 0 Å². The summed E-state index contributed by atoms with van der Waals surface area (Å²) in [4.78, 5) is 23.2. The van der Waals surface area contributed by atoms with Gasteiger partial charge in [-0.15, -0.1) is 11.3 Å². The van der Waals surface area contributed by atoms with Crippen molar-refractivity contribution in [2.45, 2.75) is 39.6 Å². The molecule has 0 fully saturated rings. The van der Waals surface area contributed by atoms with Gasteiger partial charge in [0.05, 0.1) is 5.75 Å². The number of fused-ring (bicyclic) bond motifs is 1. The fourth-order valence-electron chi connectivity index (χ4n) is 1.92. The van der Waals surface area contributed by atoms with E-state index in [0.29, 0.717) is 18.2 Å². The third-order valence-electron chi connectivity index (χ3n) is 3.15. The highest BCUT2D eigenvalue weighted by Gasteiger charge is 2.15. The van der Waals surface area contributed by atoms with Crippen LogP contribution >= 0.6 is 23.1 Å². The van der Waals surface area contributed by atoms with Crippen molar-refractivity contribution in [2.24, 2.45) is 5.92 Å². The lowest BCUT2D eigenvalue weighted by atomic mass is 10.2. The Morgan fingerprint density at radius 1 is 1.29 bits per heavy atom. The first-order chi connectivity index (χ1) is 9.88. The van der Waals surface area contributed by atoms with Crippen molar-refractivity contribution >= 4 is 39.2 Å². The highest BCUT2D eigenvalue weighted by molar-refractivity contribution is 8.00. The van der Waals surface area contributed by atoms with Crippen molar-refractivity contribution in [2.75, 3.05) is 12.3 Å². The quantitative estimate of drug-likeness (QED) is 0.676. The zero-order chi connectivity index (χ0) is 15.6. The average molecular weight is 323 g/mol. The van der Waals surface area contributed by atoms with Gasteiger partial charge in [0.1, 0.15) is 15.7 Å². The summed E-state index contributed by atoms with van der Waals surface area (Å²) in [6.07, 6.45) is 0. The maximum absolute atomic E-state index is 11.9. The summed E-state index contributed by atoms with van der Waals surface area (Å²) in [5.41, 5.74) is 1.22. The van der Waals surface area contributed by atoms with Gasteiger partial charge >= 0.3 is 0 Å². The van der Waals surface area contributed by atoms with Gasteiger partial charge in [-0.05, 0) is 32.3 Å². The Labute approximate surface area is 133 Å². The number of hydrogen-bond acceptors (Lipinski definition) is 5. The zero-order valence-corrected chi connectivity index (χ0v) is 14.7. The van der Waals surface area contributed by atoms with Crippen LogP contribution in [0.4, 0.5) is 0 Å². The predicted molar refractivity (Wildman–Crippen MR) is 90.2 cm³/mol. The number of thiophene rings is 1. The lowest BCUT2D eigenvalue weighted by Crippen LogP contribution is -2.28. The lowest BCUT2D eigenvalue weighted by molar-refractivity contribution is -0.118. The number of aromatic nitrogens is 2. The van der Waals surface area contributed by atoms with E-state index in [-0.39, 0.29) is 5.91 Å². The topological polar surface area (TPSA) is 54.9 Å². The molecule has 2 rings (SSSR count). The Morgan fingerprint density at radius 2 is 2.00 bits per heavy atom. The monoisotopic (exact) mass is 323 g/mol. The average Bonchev–Trinajstić information content (AvgIpc) is 2.68. The molecular formula is C15H21N3OS2. The summed E-state index contributed by atoms with van der Waals surface area (Å²) >= 11 is 3.19. The number of amides is 1. The zero-order valence-electron chi connectivity index (χ0n) is 13.1. The molecule has 0 spiro atoms. The Bertz CT molecular complexity index is 664. The Kier molecular flexibility index (Phi) is 5.22. The normalized spacial score (nSPS) is 11.3. The Balaban J connectivity index is 2.16. The molecule has 0 aliphatic heterocycles. The summed E-state index contributed by atoms with van der Waals surface area (Å²) < 4.78 is 0. The Morgan fingerprint density at radius 3 is 2.67 bits per heavy atom. The maximum atomic E-state index is 11.9. The second-order valence-corrected chi connectivity index (χ2v) is 7.69. The van der Waals surface area contributed by atoms with E-state index in [1.165, 1.54) is 22.2 Å². The molecule has 0 aromatic carbocycles. The van der Waals surface area contributed by atoms with Gasteiger partial charge in [-0.3, -0.25) is 4.79 Å². The molecule has 0 unspecified atom stereocenters. The molecule has 0 saturated heterocycles. The number of carbonyl (C=O) groups is 1. The molecule has 114 valence electrons. The van der Waals surface area contributed by atoms with Gasteiger partial charge < -0.3 is 5.32 Å². The van der Waals surface area contributed by atoms with E-state index in [9.17, 15) is 4.79 Å². The Hall–Kier alpha value is -1.14. The second-order valence-electron chi connectivity index (χ2n) is 5.53. The van der Waals surface area contributed by atoms with Crippen LogP contribution in [0, 0.1) is 26.7 Å². The van der Waals surface area contributed by atoms with Crippen molar-refractivity contribution in [1.82, 2.24) is 15.3 Å². The van der Waals surface area contributed by atoms with E-state index in [2.05, 4.69) is 43.0 Å². The van der Waals surface area contributed by atoms with Crippen LogP contribution in [0.1, 0.15) is 30.1 Å². The number of nitrogens with one attached hydrogen (secondary N) is 1. The third kappa shape index (κ3) is 3.95. The third-order valence-corrected chi connectivity index (χ3v) is 5.23. The largest absolute Gasteiger partial charge is 0.355 e. The number of hydrogen-bond donors (Lipinski definition) is 1. The van der Waals surface area contributed by atoms with Crippen molar-refractivity contribution in [3.63, 3.8) is 0 Å². The van der Waals surface area contributed by atoms with Gasteiger partial charge in [-0.25, -0.2) is 9.97 Å². The summed E-state index contributed by atoms with van der Waals surface area (Å²) in [6.45, 7) is 11.0. The van der Waals surface area contributed by atoms with Gasteiger partial charge in [-0.2, -0.15) is 0 Å². The van der Waals surface area contributed by atoms with Gasteiger partial charge in [0.2, 0.25) is 5.91 Å². The lowest BCUT2D eigenvalue weighted by Gasteiger charge is -2.08. The summed E-state index contributed by atoms with van der Waals surface area (Å²) in [5, 5.41) is 4.95. The minimum Gasteiger partial charge on any atom is -0.355 e. The smallest absolute Gasteiger partial charge is 0.230 e. The van der Waals surface area contributed by atoms with Crippen molar-refractivity contribution in [3.8, 4) is 0 Å². The molecule has 0 atom stereocenters. The summed E-state index contributed by atoms with van der Waals surface area (Å²) in [7, 11) is 0. The van der Waals surface area contributed by atoms with E-state index >= 15 is 0 Å². The molecule has 0 bridgehead atoms. The van der Waals surface area contributed by atoms with Gasteiger partial charge in [-0.1, -0.05) is 25.6 Å². The molecule has 2 aromatic heterocycles. The number of thioether (sulfide) groups is 1. The molecule has 6 heteroatoms. The van der Waals surface area contributed by atoms with E-state index < -0.39 is 0 Å². The molecule has 0 radical (unpaired) electrons. The van der Waals surface area contributed by atoms with Crippen molar-refractivity contribution < 1.29 is 4.79 Å². The number of aryl methyl sites for hydroxylation is 3. The van der Waals surface area contributed by atoms with Crippen LogP contribution < -0.4 is 5.32 Å². The molecule has 1 N–H and O–H groups in total. The molecule has 2 heterocycles. The molecule has 0 saturated carbocycles. The van der Waals surface area contributed by atoms with Crippen LogP contribution in [0.3, 0.4) is 0 Å². The number of rotatable bonds is 5. The van der Waals surface area contributed by atoms with Crippen LogP contribution in [0.25, 0.3) is 10.2 Å². The first-order valence-corrected chi connectivity index (χ1v) is 8.82. The highest BCUT2D eigenvalue weighted by Crippen LogP contribution is 2.34. The molecule has 21 heavy (non-hydrogen) atoms.